The quantitative estimate of drug-likeness (QED) is 0.810. The minimum Gasteiger partial charge on any atom is -0.496 e. The number of aryl methyl sites for hydroxylation is 1. The molecule has 2 N–H and O–H groups in total. The maximum Gasteiger partial charge on any atom is 0.157 e. The standard InChI is InChI=1S/C13H20N2O3/c1-8-6-15-11(9(2)13(8)18-4)5-12(16)10(14)7-17-3/h6,10H,5,7,14H2,1-4H3. The smallest absolute Gasteiger partial charge is 0.157 e. The van der Waals surface area contributed by atoms with Crippen molar-refractivity contribution in [3.63, 3.8) is 0 Å². The van der Waals surface area contributed by atoms with Gasteiger partial charge in [-0.25, -0.2) is 0 Å². The number of ether oxygens (including phenoxy) is 2. The number of pyridine rings is 1. The van der Waals surface area contributed by atoms with Crippen LogP contribution in [0.15, 0.2) is 6.20 Å². The van der Waals surface area contributed by atoms with Crippen LogP contribution in [-0.2, 0) is 16.0 Å². The Morgan fingerprint density at radius 1 is 1.44 bits per heavy atom. The Morgan fingerprint density at radius 3 is 2.67 bits per heavy atom. The summed E-state index contributed by atoms with van der Waals surface area (Å²) >= 11 is 0. The SMILES string of the molecule is COCC(N)C(=O)Cc1ncc(C)c(OC)c1C. The fourth-order valence-electron chi connectivity index (χ4n) is 1.82. The summed E-state index contributed by atoms with van der Waals surface area (Å²) in [4.78, 5) is 16.1. The van der Waals surface area contributed by atoms with E-state index in [1.807, 2.05) is 13.8 Å². The first kappa shape index (κ1) is 14.6. The molecule has 0 radical (unpaired) electrons. The van der Waals surface area contributed by atoms with Crippen molar-refractivity contribution in [1.29, 1.82) is 0 Å². The summed E-state index contributed by atoms with van der Waals surface area (Å²) in [5.74, 6) is 0.687. The molecule has 1 atom stereocenters. The summed E-state index contributed by atoms with van der Waals surface area (Å²) in [7, 11) is 3.13. The molecule has 0 fully saturated rings. The predicted molar refractivity (Wildman–Crippen MR) is 68.8 cm³/mol. The van der Waals surface area contributed by atoms with E-state index in [4.69, 9.17) is 15.2 Å². The van der Waals surface area contributed by atoms with E-state index in [1.54, 1.807) is 13.3 Å². The highest BCUT2D eigenvalue weighted by atomic mass is 16.5. The van der Waals surface area contributed by atoms with E-state index < -0.39 is 6.04 Å². The number of hydrogen-bond donors (Lipinski definition) is 1. The van der Waals surface area contributed by atoms with Gasteiger partial charge in [0.05, 0.1) is 31.9 Å². The fourth-order valence-corrected chi connectivity index (χ4v) is 1.82. The van der Waals surface area contributed by atoms with Crippen molar-refractivity contribution in [2.45, 2.75) is 26.3 Å². The summed E-state index contributed by atoms with van der Waals surface area (Å²) in [5.41, 5.74) is 8.23. The van der Waals surface area contributed by atoms with Gasteiger partial charge in [0.1, 0.15) is 5.75 Å². The zero-order valence-corrected chi connectivity index (χ0v) is 11.3. The van der Waals surface area contributed by atoms with Crippen LogP contribution in [0.2, 0.25) is 0 Å². The molecule has 1 aromatic rings. The molecule has 1 unspecified atom stereocenters. The number of hydrogen-bond acceptors (Lipinski definition) is 5. The summed E-state index contributed by atoms with van der Waals surface area (Å²) in [6.07, 6.45) is 1.91. The van der Waals surface area contributed by atoms with Gasteiger partial charge < -0.3 is 15.2 Å². The van der Waals surface area contributed by atoms with Gasteiger partial charge in [0.15, 0.2) is 5.78 Å². The zero-order chi connectivity index (χ0) is 13.7. The van der Waals surface area contributed by atoms with Gasteiger partial charge in [-0.05, 0) is 13.8 Å². The van der Waals surface area contributed by atoms with Crippen molar-refractivity contribution in [2.75, 3.05) is 20.8 Å². The molecule has 100 valence electrons. The first-order valence-corrected chi connectivity index (χ1v) is 5.77. The lowest BCUT2D eigenvalue weighted by Crippen LogP contribution is -2.36. The molecule has 5 heteroatoms. The van der Waals surface area contributed by atoms with E-state index in [2.05, 4.69) is 4.98 Å². The molecule has 1 heterocycles. The number of nitrogens with two attached hydrogens (primary N) is 1. The number of carbonyl (C=O) groups excluding carboxylic acids is 1. The van der Waals surface area contributed by atoms with Gasteiger partial charge in [0.2, 0.25) is 0 Å². The Bertz CT molecular complexity index is 432. The number of carbonyl (C=O) groups is 1. The molecule has 5 nitrogen and oxygen atoms in total. The molecule has 18 heavy (non-hydrogen) atoms. The zero-order valence-electron chi connectivity index (χ0n) is 11.3. The summed E-state index contributed by atoms with van der Waals surface area (Å²) in [6.45, 7) is 4.03. The van der Waals surface area contributed by atoms with Crippen LogP contribution >= 0.6 is 0 Å². The van der Waals surface area contributed by atoms with E-state index in [0.29, 0.717) is 5.69 Å². The molecule has 0 aliphatic carbocycles. The number of aromatic nitrogens is 1. The molecule has 0 spiro atoms. The molecule has 1 rings (SSSR count). The van der Waals surface area contributed by atoms with Gasteiger partial charge in [-0.1, -0.05) is 0 Å². The average Bonchev–Trinajstić information content (AvgIpc) is 2.33. The van der Waals surface area contributed by atoms with E-state index in [1.165, 1.54) is 7.11 Å². The lowest BCUT2D eigenvalue weighted by atomic mass is 10.0. The van der Waals surface area contributed by atoms with Gasteiger partial charge >= 0.3 is 0 Å². The molecule has 0 aliphatic heterocycles. The second-order valence-electron chi connectivity index (χ2n) is 4.25. The summed E-state index contributed by atoms with van der Waals surface area (Å²) < 4.78 is 10.2. The molecule has 1 aromatic heterocycles. The van der Waals surface area contributed by atoms with Crippen LogP contribution in [0.4, 0.5) is 0 Å². The van der Waals surface area contributed by atoms with Gasteiger partial charge in [-0.3, -0.25) is 9.78 Å². The van der Waals surface area contributed by atoms with Crippen molar-refractivity contribution in [1.82, 2.24) is 4.98 Å². The average molecular weight is 252 g/mol. The largest absolute Gasteiger partial charge is 0.496 e. The number of rotatable bonds is 6. The second-order valence-corrected chi connectivity index (χ2v) is 4.25. The molecule has 0 saturated heterocycles. The molecule has 0 bridgehead atoms. The third-order valence-corrected chi connectivity index (χ3v) is 2.85. The molecule has 0 amide bonds. The molecule has 0 saturated carbocycles. The van der Waals surface area contributed by atoms with Gasteiger partial charge in [-0.2, -0.15) is 0 Å². The van der Waals surface area contributed by atoms with Crippen molar-refractivity contribution in [3.8, 4) is 5.75 Å². The van der Waals surface area contributed by atoms with Crippen molar-refractivity contribution < 1.29 is 14.3 Å². The Balaban J connectivity index is 2.89. The fraction of sp³-hybridized carbons (Fsp3) is 0.538. The van der Waals surface area contributed by atoms with Crippen LogP contribution in [0.1, 0.15) is 16.8 Å². The minimum atomic E-state index is -0.608. The van der Waals surface area contributed by atoms with Crippen molar-refractivity contribution in [3.05, 3.63) is 23.0 Å². The van der Waals surface area contributed by atoms with Crippen molar-refractivity contribution in [2.24, 2.45) is 5.73 Å². The maximum absolute atomic E-state index is 11.9. The highest BCUT2D eigenvalue weighted by Crippen LogP contribution is 2.24. The topological polar surface area (TPSA) is 74.4 Å². The van der Waals surface area contributed by atoms with Gasteiger partial charge in [-0.15, -0.1) is 0 Å². The molecular weight excluding hydrogens is 232 g/mol. The Labute approximate surface area is 107 Å². The first-order chi connectivity index (χ1) is 8.51. The summed E-state index contributed by atoms with van der Waals surface area (Å²) in [6, 6.07) is -0.608. The van der Waals surface area contributed by atoms with Crippen LogP contribution in [0.3, 0.4) is 0 Å². The Morgan fingerprint density at radius 2 is 2.11 bits per heavy atom. The lowest BCUT2D eigenvalue weighted by molar-refractivity contribution is -0.120. The maximum atomic E-state index is 11.9. The van der Waals surface area contributed by atoms with Gasteiger partial charge in [0.25, 0.3) is 0 Å². The van der Waals surface area contributed by atoms with E-state index in [0.717, 1.165) is 16.9 Å². The van der Waals surface area contributed by atoms with E-state index in [-0.39, 0.29) is 18.8 Å². The predicted octanol–water partition coefficient (Wildman–Crippen LogP) is 0.792. The monoisotopic (exact) mass is 252 g/mol. The van der Waals surface area contributed by atoms with E-state index >= 15 is 0 Å². The third kappa shape index (κ3) is 3.27. The Kier molecular flexibility index (Phi) is 5.25. The third-order valence-electron chi connectivity index (χ3n) is 2.85. The first-order valence-electron chi connectivity index (χ1n) is 5.77. The van der Waals surface area contributed by atoms with Crippen LogP contribution in [-0.4, -0.2) is 37.6 Å². The van der Waals surface area contributed by atoms with Gasteiger partial charge in [0, 0.05) is 24.4 Å². The second kappa shape index (κ2) is 6.47. The van der Waals surface area contributed by atoms with Crippen LogP contribution in [0.25, 0.3) is 0 Å². The number of nitrogens with zero attached hydrogens (tertiary/aromatic N) is 1. The lowest BCUT2D eigenvalue weighted by Gasteiger charge is -2.13. The van der Waals surface area contributed by atoms with Crippen LogP contribution in [0, 0.1) is 13.8 Å². The molecule has 0 aliphatic rings. The number of ketones is 1. The van der Waals surface area contributed by atoms with Crippen LogP contribution < -0.4 is 10.5 Å². The van der Waals surface area contributed by atoms with Crippen molar-refractivity contribution >= 4 is 5.78 Å². The number of Topliss-reactive ketones (excluding diaryl/α,β-unsaturated/α-hetero) is 1. The molecule has 0 aromatic carbocycles. The van der Waals surface area contributed by atoms with Crippen LogP contribution in [0.5, 0.6) is 5.75 Å². The van der Waals surface area contributed by atoms with E-state index in [9.17, 15) is 4.79 Å². The highest BCUT2D eigenvalue weighted by molar-refractivity contribution is 5.86. The normalized spacial score (nSPS) is 12.3. The molecular formula is C13H20N2O3. The summed E-state index contributed by atoms with van der Waals surface area (Å²) in [5, 5.41) is 0. The number of methoxy groups -OCH3 is 2. The minimum absolute atomic E-state index is 0.0849. The Hall–Kier alpha value is -1.46. The highest BCUT2D eigenvalue weighted by Gasteiger charge is 2.17.